The Bertz CT molecular complexity index is 1240. The van der Waals surface area contributed by atoms with Gasteiger partial charge in [0, 0.05) is 19.6 Å². The monoisotopic (exact) mass is 476 g/mol. The lowest BCUT2D eigenvalue weighted by atomic mass is 10.2. The van der Waals surface area contributed by atoms with Crippen LogP contribution < -0.4 is 4.72 Å². The smallest absolute Gasteiger partial charge is 0.207 e. The van der Waals surface area contributed by atoms with Crippen LogP contribution in [-0.4, -0.2) is 42.6 Å². The van der Waals surface area contributed by atoms with Crippen molar-refractivity contribution < 1.29 is 29.1 Å². The predicted molar refractivity (Wildman–Crippen MR) is 108 cm³/mol. The predicted octanol–water partition coefficient (Wildman–Crippen LogP) is 2.00. The largest absolute Gasteiger partial charge is 0.332 e. The van der Waals surface area contributed by atoms with E-state index in [1.807, 2.05) is 0 Å². The molecule has 0 radical (unpaired) electrons. The molecular formula is C18H21FN2O6S3. The second-order valence-electron chi connectivity index (χ2n) is 6.85. The second-order valence-corrected chi connectivity index (χ2v) is 11.9. The van der Waals surface area contributed by atoms with E-state index in [0.29, 0.717) is 18.7 Å². The van der Waals surface area contributed by atoms with Crippen molar-refractivity contribution in [2.24, 2.45) is 0 Å². The van der Waals surface area contributed by atoms with E-state index in [0.717, 1.165) is 43.5 Å². The molecule has 0 aliphatic carbocycles. The maximum atomic E-state index is 13.1. The molecule has 1 N–H and O–H groups in total. The number of piperidine rings is 1. The van der Waals surface area contributed by atoms with Gasteiger partial charge < -0.3 is 0 Å². The van der Waals surface area contributed by atoms with E-state index in [2.05, 4.69) is 4.72 Å². The fourth-order valence-electron chi connectivity index (χ4n) is 3.12. The van der Waals surface area contributed by atoms with Crippen molar-refractivity contribution in [2.45, 2.75) is 40.5 Å². The van der Waals surface area contributed by atoms with Gasteiger partial charge in [-0.15, -0.1) is 3.89 Å². The summed E-state index contributed by atoms with van der Waals surface area (Å²) in [6.45, 7) is 0.679. The minimum Gasteiger partial charge on any atom is -0.207 e. The summed E-state index contributed by atoms with van der Waals surface area (Å²) in [4.78, 5) is -1.11. The van der Waals surface area contributed by atoms with Gasteiger partial charge in [-0.05, 0) is 48.7 Å². The van der Waals surface area contributed by atoms with E-state index >= 15 is 0 Å². The van der Waals surface area contributed by atoms with Crippen LogP contribution in [0.2, 0.25) is 0 Å². The Labute approximate surface area is 176 Å². The standard InChI is InChI=1S/C18H21FN2O6S3/c19-28(22,23)16-7-5-8-17(13-16)29(24,25)20-14-15-6-4-9-18(12-15)30(26,27)21-10-2-1-3-11-21/h4-9,12-13,20H,1-3,10-11,14H2. The van der Waals surface area contributed by atoms with E-state index in [1.54, 1.807) is 6.07 Å². The van der Waals surface area contributed by atoms with E-state index in [-0.39, 0.29) is 11.4 Å². The first-order valence-corrected chi connectivity index (χ1v) is 13.4. The van der Waals surface area contributed by atoms with Crippen LogP contribution in [0, 0.1) is 0 Å². The summed E-state index contributed by atoms with van der Waals surface area (Å²) in [5, 5.41) is 0. The van der Waals surface area contributed by atoms with E-state index in [9.17, 15) is 29.1 Å². The number of rotatable bonds is 7. The Morgan fingerprint density at radius 2 is 1.40 bits per heavy atom. The van der Waals surface area contributed by atoms with Crippen molar-refractivity contribution in [3.63, 3.8) is 0 Å². The number of hydrogen-bond acceptors (Lipinski definition) is 6. The van der Waals surface area contributed by atoms with Gasteiger partial charge in [0.25, 0.3) is 0 Å². The topological polar surface area (TPSA) is 118 Å². The molecule has 0 atom stereocenters. The van der Waals surface area contributed by atoms with Gasteiger partial charge in [0.15, 0.2) is 0 Å². The molecule has 2 aromatic rings. The molecule has 0 spiro atoms. The lowest BCUT2D eigenvalue weighted by Gasteiger charge is -2.26. The van der Waals surface area contributed by atoms with Gasteiger partial charge in [-0.25, -0.2) is 21.6 Å². The molecule has 12 heteroatoms. The maximum Gasteiger partial charge on any atom is 0.332 e. The van der Waals surface area contributed by atoms with Gasteiger partial charge >= 0.3 is 10.2 Å². The van der Waals surface area contributed by atoms with Crippen LogP contribution in [0.4, 0.5) is 3.89 Å². The highest BCUT2D eigenvalue weighted by Crippen LogP contribution is 2.22. The SMILES string of the molecule is O=S(=O)(F)c1cccc(S(=O)(=O)NCc2cccc(S(=O)(=O)N3CCCCC3)c2)c1. The third-order valence-electron chi connectivity index (χ3n) is 4.71. The molecule has 1 heterocycles. The highest BCUT2D eigenvalue weighted by Gasteiger charge is 2.26. The quantitative estimate of drug-likeness (QED) is 0.611. The third-order valence-corrected chi connectivity index (χ3v) is 8.83. The number of halogens is 1. The second kappa shape index (κ2) is 8.71. The molecule has 0 saturated carbocycles. The summed E-state index contributed by atoms with van der Waals surface area (Å²) in [5.41, 5.74) is 0.408. The zero-order chi connectivity index (χ0) is 22.0. The first-order chi connectivity index (χ1) is 14.0. The van der Waals surface area contributed by atoms with Crippen molar-refractivity contribution in [2.75, 3.05) is 13.1 Å². The van der Waals surface area contributed by atoms with Crippen molar-refractivity contribution >= 4 is 30.3 Å². The summed E-state index contributed by atoms with van der Waals surface area (Å²) < 4.78 is 89.4. The molecule has 0 bridgehead atoms. The van der Waals surface area contributed by atoms with Gasteiger partial charge in [0.05, 0.1) is 14.7 Å². The molecule has 0 unspecified atom stereocenters. The molecule has 1 aliphatic rings. The number of nitrogens with zero attached hydrogens (tertiary/aromatic N) is 1. The minimum absolute atomic E-state index is 0.0756. The molecule has 30 heavy (non-hydrogen) atoms. The van der Waals surface area contributed by atoms with Gasteiger partial charge in [0.2, 0.25) is 20.0 Å². The van der Waals surface area contributed by atoms with Gasteiger partial charge in [0.1, 0.15) is 0 Å². The molecule has 0 aromatic heterocycles. The van der Waals surface area contributed by atoms with Crippen LogP contribution in [0.1, 0.15) is 24.8 Å². The fourth-order valence-corrected chi connectivity index (χ4v) is 6.36. The summed E-state index contributed by atoms with van der Waals surface area (Å²) >= 11 is 0. The van der Waals surface area contributed by atoms with Crippen LogP contribution in [0.15, 0.2) is 63.2 Å². The average Bonchev–Trinajstić information content (AvgIpc) is 2.73. The molecule has 0 amide bonds. The minimum atomic E-state index is -5.05. The van der Waals surface area contributed by atoms with Crippen molar-refractivity contribution in [3.8, 4) is 0 Å². The third kappa shape index (κ3) is 5.24. The van der Waals surface area contributed by atoms with Crippen LogP contribution in [0.25, 0.3) is 0 Å². The molecule has 8 nitrogen and oxygen atoms in total. The Balaban J connectivity index is 1.79. The van der Waals surface area contributed by atoms with Gasteiger partial charge in [-0.2, -0.15) is 12.7 Å². The van der Waals surface area contributed by atoms with E-state index < -0.39 is 40.1 Å². The van der Waals surface area contributed by atoms with Crippen LogP contribution >= 0.6 is 0 Å². The zero-order valence-electron chi connectivity index (χ0n) is 15.9. The highest BCUT2D eigenvalue weighted by atomic mass is 32.3. The highest BCUT2D eigenvalue weighted by molar-refractivity contribution is 7.89. The number of hydrogen-bond donors (Lipinski definition) is 1. The number of nitrogens with one attached hydrogen (secondary N) is 1. The van der Waals surface area contributed by atoms with Crippen LogP contribution in [-0.2, 0) is 36.8 Å². The molecule has 1 saturated heterocycles. The van der Waals surface area contributed by atoms with Crippen LogP contribution in [0.5, 0.6) is 0 Å². The Morgan fingerprint density at radius 1 is 0.800 bits per heavy atom. The van der Waals surface area contributed by atoms with Gasteiger partial charge in [-0.3, -0.25) is 0 Å². The van der Waals surface area contributed by atoms with Crippen molar-refractivity contribution in [1.29, 1.82) is 0 Å². The molecular weight excluding hydrogens is 455 g/mol. The Morgan fingerprint density at radius 3 is 2.07 bits per heavy atom. The molecule has 1 aliphatic heterocycles. The Hall–Kier alpha value is -1.86. The normalized spacial score (nSPS) is 16.4. The number of sulfonamides is 2. The first-order valence-electron chi connectivity index (χ1n) is 9.14. The molecule has 3 rings (SSSR count). The zero-order valence-corrected chi connectivity index (χ0v) is 18.3. The summed E-state index contributed by atoms with van der Waals surface area (Å²) in [5.74, 6) is 0. The average molecular weight is 477 g/mol. The molecule has 2 aromatic carbocycles. The van der Waals surface area contributed by atoms with E-state index in [4.69, 9.17) is 0 Å². The molecule has 164 valence electrons. The summed E-state index contributed by atoms with van der Waals surface area (Å²) in [6.07, 6.45) is 2.58. The fraction of sp³-hybridized carbons (Fsp3) is 0.333. The molecule has 1 fully saturated rings. The first kappa shape index (κ1) is 22.8. The van der Waals surface area contributed by atoms with Crippen molar-refractivity contribution in [3.05, 3.63) is 54.1 Å². The van der Waals surface area contributed by atoms with E-state index in [1.165, 1.54) is 22.5 Å². The maximum absolute atomic E-state index is 13.1. The van der Waals surface area contributed by atoms with Gasteiger partial charge in [-0.1, -0.05) is 24.6 Å². The Kier molecular flexibility index (Phi) is 6.63. The summed E-state index contributed by atoms with van der Waals surface area (Å²) in [7, 11) is -12.9. The van der Waals surface area contributed by atoms with Crippen LogP contribution in [0.3, 0.4) is 0 Å². The van der Waals surface area contributed by atoms with Crippen molar-refractivity contribution in [1.82, 2.24) is 9.03 Å². The lowest BCUT2D eigenvalue weighted by molar-refractivity contribution is 0.346. The number of benzene rings is 2. The summed E-state index contributed by atoms with van der Waals surface area (Å²) in [6, 6.07) is 9.86. The lowest BCUT2D eigenvalue weighted by Crippen LogP contribution is -2.35.